The molecule has 0 aromatic heterocycles. The molecular formula is C15H24. The fourth-order valence-corrected chi connectivity index (χ4v) is 3.24. The van der Waals surface area contributed by atoms with E-state index in [9.17, 15) is 0 Å². The van der Waals surface area contributed by atoms with E-state index in [-0.39, 0.29) is 0 Å². The van der Waals surface area contributed by atoms with E-state index in [1.807, 2.05) is 13.0 Å². The van der Waals surface area contributed by atoms with E-state index in [0.29, 0.717) is 5.41 Å². The standard InChI is InChI=1S/C15H24/c1-5-7-8-13-10-15(13,4)11(3)14-9-12(14)6-2/h5,8,11-14H,6,9-10H2,1-4H3. The third kappa shape index (κ3) is 1.93. The first-order chi connectivity index (χ1) is 7.13. The second-order valence-electron chi connectivity index (χ2n) is 5.80. The van der Waals surface area contributed by atoms with Crippen LogP contribution in [-0.4, -0.2) is 0 Å². The van der Waals surface area contributed by atoms with E-state index in [4.69, 9.17) is 0 Å². The first-order valence-corrected chi connectivity index (χ1v) is 6.50. The Hall–Kier alpha value is -0.480. The molecule has 84 valence electrons. The molecule has 2 aliphatic carbocycles. The van der Waals surface area contributed by atoms with E-state index in [0.717, 1.165) is 23.7 Å². The highest BCUT2D eigenvalue weighted by Gasteiger charge is 2.57. The van der Waals surface area contributed by atoms with Gasteiger partial charge in [-0.05, 0) is 61.0 Å². The highest BCUT2D eigenvalue weighted by molar-refractivity contribution is 5.14. The van der Waals surface area contributed by atoms with Crippen LogP contribution in [0.4, 0.5) is 0 Å². The van der Waals surface area contributed by atoms with Crippen molar-refractivity contribution in [2.24, 2.45) is 29.1 Å². The van der Waals surface area contributed by atoms with Crippen LogP contribution in [0.25, 0.3) is 0 Å². The van der Waals surface area contributed by atoms with Gasteiger partial charge in [-0.3, -0.25) is 0 Å². The van der Waals surface area contributed by atoms with Crippen LogP contribution in [0, 0.1) is 29.1 Å². The summed E-state index contributed by atoms with van der Waals surface area (Å²) in [7, 11) is 0. The highest BCUT2D eigenvalue weighted by atomic mass is 14.6. The smallest absolute Gasteiger partial charge is 0.00952 e. The lowest BCUT2D eigenvalue weighted by molar-refractivity contribution is 0.293. The Morgan fingerprint density at radius 1 is 1.53 bits per heavy atom. The van der Waals surface area contributed by atoms with E-state index in [1.165, 1.54) is 19.3 Å². The van der Waals surface area contributed by atoms with E-state index in [2.05, 4.69) is 32.6 Å². The van der Waals surface area contributed by atoms with Crippen molar-refractivity contribution in [2.45, 2.75) is 47.0 Å². The Balaban J connectivity index is 1.92. The topological polar surface area (TPSA) is 0 Å². The molecule has 0 aliphatic heterocycles. The molecule has 5 unspecified atom stereocenters. The monoisotopic (exact) mass is 204 g/mol. The Kier molecular flexibility index (Phi) is 2.81. The number of allylic oxidation sites excluding steroid dienone is 1. The maximum Gasteiger partial charge on any atom is -0.00952 e. The lowest BCUT2D eigenvalue weighted by Crippen LogP contribution is -2.14. The van der Waals surface area contributed by atoms with Crippen LogP contribution in [0.1, 0.15) is 47.0 Å². The molecule has 0 radical (unpaired) electrons. The zero-order valence-electron chi connectivity index (χ0n) is 10.6. The van der Waals surface area contributed by atoms with Crippen LogP contribution in [-0.2, 0) is 0 Å². The molecule has 0 heterocycles. The summed E-state index contributed by atoms with van der Waals surface area (Å²) >= 11 is 0. The predicted molar refractivity (Wildman–Crippen MR) is 65.6 cm³/mol. The van der Waals surface area contributed by atoms with Gasteiger partial charge in [0, 0.05) is 0 Å². The van der Waals surface area contributed by atoms with Gasteiger partial charge in [-0.1, -0.05) is 27.2 Å². The van der Waals surface area contributed by atoms with Crippen molar-refractivity contribution >= 4 is 0 Å². The van der Waals surface area contributed by atoms with Crippen molar-refractivity contribution in [1.82, 2.24) is 0 Å². The molecule has 0 amide bonds. The highest BCUT2D eigenvalue weighted by Crippen LogP contribution is 2.64. The number of hydrogen-bond acceptors (Lipinski definition) is 0. The molecule has 5 atom stereocenters. The summed E-state index contributed by atoms with van der Waals surface area (Å²) in [4.78, 5) is 0. The maximum atomic E-state index is 3.25. The van der Waals surface area contributed by atoms with E-state index in [1.54, 1.807) is 0 Å². The van der Waals surface area contributed by atoms with Crippen molar-refractivity contribution in [2.75, 3.05) is 0 Å². The van der Waals surface area contributed by atoms with Gasteiger partial charge in [0.25, 0.3) is 0 Å². The van der Waals surface area contributed by atoms with Gasteiger partial charge in [-0.25, -0.2) is 0 Å². The van der Waals surface area contributed by atoms with Gasteiger partial charge in [0.1, 0.15) is 0 Å². The van der Waals surface area contributed by atoms with Crippen LogP contribution in [0.2, 0.25) is 0 Å². The molecule has 0 aromatic rings. The van der Waals surface area contributed by atoms with Crippen molar-refractivity contribution in [3.05, 3.63) is 17.9 Å². The van der Waals surface area contributed by atoms with Crippen LogP contribution in [0.3, 0.4) is 0 Å². The van der Waals surface area contributed by atoms with Gasteiger partial charge in [0.15, 0.2) is 0 Å². The summed E-state index contributed by atoms with van der Waals surface area (Å²) in [6.45, 7) is 9.34. The van der Waals surface area contributed by atoms with Gasteiger partial charge < -0.3 is 0 Å². The molecular weight excluding hydrogens is 180 g/mol. The zero-order chi connectivity index (χ0) is 11.1. The second kappa shape index (κ2) is 3.83. The fraction of sp³-hybridized carbons (Fsp3) is 0.800. The Labute approximate surface area is 94.5 Å². The molecule has 2 rings (SSSR count). The Morgan fingerprint density at radius 2 is 2.27 bits per heavy atom. The Morgan fingerprint density at radius 3 is 2.80 bits per heavy atom. The van der Waals surface area contributed by atoms with Crippen LogP contribution in [0.5, 0.6) is 0 Å². The van der Waals surface area contributed by atoms with Crippen LogP contribution in [0.15, 0.2) is 17.9 Å². The number of hydrogen-bond donors (Lipinski definition) is 0. The normalized spacial score (nSPS) is 44.1. The minimum atomic E-state index is 0.602. The minimum Gasteiger partial charge on any atom is -0.130 e. The average Bonchev–Trinajstić information content (AvgIpc) is 3.10. The largest absolute Gasteiger partial charge is 0.130 e. The second-order valence-corrected chi connectivity index (χ2v) is 5.80. The fourth-order valence-electron chi connectivity index (χ4n) is 3.24. The quantitative estimate of drug-likeness (QED) is 0.594. The van der Waals surface area contributed by atoms with Crippen molar-refractivity contribution in [3.8, 4) is 0 Å². The maximum absolute atomic E-state index is 3.25. The molecule has 0 saturated heterocycles. The SMILES string of the molecule is CC=C=CC1CC1(C)C(C)C1CC1CC. The van der Waals surface area contributed by atoms with Gasteiger partial charge in [0.05, 0.1) is 0 Å². The molecule has 0 spiro atoms. The lowest BCUT2D eigenvalue weighted by atomic mass is 9.85. The summed E-state index contributed by atoms with van der Waals surface area (Å²) in [5.74, 6) is 3.80. The van der Waals surface area contributed by atoms with Crippen molar-refractivity contribution in [3.63, 3.8) is 0 Å². The van der Waals surface area contributed by atoms with Gasteiger partial charge in [0.2, 0.25) is 0 Å². The van der Waals surface area contributed by atoms with Gasteiger partial charge in [-0.2, -0.15) is 0 Å². The van der Waals surface area contributed by atoms with Crippen LogP contribution < -0.4 is 0 Å². The van der Waals surface area contributed by atoms with E-state index < -0.39 is 0 Å². The van der Waals surface area contributed by atoms with Gasteiger partial charge >= 0.3 is 0 Å². The molecule has 2 saturated carbocycles. The summed E-state index contributed by atoms with van der Waals surface area (Å²) in [6, 6.07) is 0. The molecule has 0 heteroatoms. The molecule has 2 fully saturated rings. The average molecular weight is 204 g/mol. The third-order valence-electron chi connectivity index (χ3n) is 4.99. The molecule has 0 bridgehead atoms. The Bertz CT molecular complexity index is 295. The summed E-state index contributed by atoms with van der Waals surface area (Å²) in [6.07, 6.45) is 8.59. The first kappa shape index (κ1) is 11.0. The summed E-state index contributed by atoms with van der Waals surface area (Å²) in [5.41, 5.74) is 3.86. The van der Waals surface area contributed by atoms with E-state index >= 15 is 0 Å². The van der Waals surface area contributed by atoms with Gasteiger partial charge in [-0.15, -0.1) is 5.73 Å². The molecule has 15 heavy (non-hydrogen) atoms. The van der Waals surface area contributed by atoms with Crippen molar-refractivity contribution < 1.29 is 0 Å². The predicted octanol–water partition coefficient (Wildman–Crippen LogP) is 4.43. The molecule has 0 N–H and O–H groups in total. The molecule has 0 aromatic carbocycles. The first-order valence-electron chi connectivity index (χ1n) is 6.50. The lowest BCUT2D eigenvalue weighted by Gasteiger charge is -2.20. The van der Waals surface area contributed by atoms with Crippen molar-refractivity contribution in [1.29, 1.82) is 0 Å². The molecule has 2 aliphatic rings. The molecule has 0 nitrogen and oxygen atoms in total. The van der Waals surface area contributed by atoms with Crippen LogP contribution >= 0.6 is 0 Å². The summed E-state index contributed by atoms with van der Waals surface area (Å²) < 4.78 is 0. The third-order valence-corrected chi connectivity index (χ3v) is 4.99. The zero-order valence-corrected chi connectivity index (χ0v) is 10.6. The number of rotatable bonds is 4. The summed E-state index contributed by atoms with van der Waals surface area (Å²) in [5, 5.41) is 0. The minimum absolute atomic E-state index is 0.602.